The zero-order chi connectivity index (χ0) is 28.1. The Labute approximate surface area is 220 Å². The first-order valence-electron chi connectivity index (χ1n) is 12.9. The number of likely N-dealkylation sites (N-methyl/N-ethyl adjacent to an activating group) is 1. The molecule has 10 heteroatoms. The summed E-state index contributed by atoms with van der Waals surface area (Å²) in [6.07, 6.45) is 2.10. The van der Waals surface area contributed by atoms with Crippen molar-refractivity contribution in [1.82, 2.24) is 4.90 Å². The number of rotatable bonds is 3. The highest BCUT2D eigenvalue weighted by Crippen LogP contribution is 2.57. The minimum Gasteiger partial charge on any atom is -0.508 e. The lowest BCUT2D eigenvalue weighted by Gasteiger charge is -2.53. The number of benzene rings is 1. The number of carbonyl (C=O) groups excluding carboxylic acids is 3. The second-order valence-electron chi connectivity index (χ2n) is 11.7. The Morgan fingerprint density at radius 2 is 1.71 bits per heavy atom. The SMILES string of the molecule is C[C@H]1c2ccc(C3(C)CCCC3)c(O)c2C(O)=C2C(=O)[C@]3(O)C(O)=C(C(N)=O)C(=O)[C@@H](N(C)C)[C@@H]3[C@@H](O)[C@@H]21. The fourth-order valence-corrected chi connectivity index (χ4v) is 7.53. The number of ketones is 2. The van der Waals surface area contributed by atoms with Gasteiger partial charge < -0.3 is 31.3 Å². The van der Waals surface area contributed by atoms with Gasteiger partial charge in [-0.2, -0.15) is 0 Å². The van der Waals surface area contributed by atoms with Gasteiger partial charge in [-0.1, -0.05) is 38.8 Å². The Morgan fingerprint density at radius 3 is 2.26 bits per heavy atom. The quantitative estimate of drug-likeness (QED) is 0.317. The molecule has 0 bridgehead atoms. The Bertz CT molecular complexity index is 1340. The topological polar surface area (TPSA) is 182 Å². The molecule has 4 aliphatic rings. The fourth-order valence-electron chi connectivity index (χ4n) is 7.53. The minimum absolute atomic E-state index is 0.0478. The number of hydrogen-bond acceptors (Lipinski definition) is 9. The van der Waals surface area contributed by atoms with E-state index in [0.29, 0.717) is 11.1 Å². The maximum Gasteiger partial charge on any atom is 0.255 e. The molecule has 0 radical (unpaired) electrons. The highest BCUT2D eigenvalue weighted by Gasteiger charge is 2.68. The van der Waals surface area contributed by atoms with Crippen LogP contribution >= 0.6 is 0 Å². The molecule has 1 aromatic carbocycles. The summed E-state index contributed by atoms with van der Waals surface area (Å²) in [5.41, 5.74) is 2.03. The van der Waals surface area contributed by atoms with E-state index >= 15 is 0 Å². The van der Waals surface area contributed by atoms with E-state index in [9.17, 15) is 39.9 Å². The summed E-state index contributed by atoms with van der Waals surface area (Å²) in [5, 5.41) is 57.3. The predicted octanol–water partition coefficient (Wildman–Crippen LogP) is 1.33. The van der Waals surface area contributed by atoms with Crippen molar-refractivity contribution < 1.29 is 39.9 Å². The zero-order valence-electron chi connectivity index (χ0n) is 21.9. The lowest BCUT2D eigenvalue weighted by atomic mass is 9.54. The van der Waals surface area contributed by atoms with E-state index in [1.807, 2.05) is 13.0 Å². The number of nitrogens with zero attached hydrogens (tertiary/aromatic N) is 1. The van der Waals surface area contributed by atoms with Crippen molar-refractivity contribution >= 4 is 23.2 Å². The monoisotopic (exact) mass is 526 g/mol. The van der Waals surface area contributed by atoms with Crippen molar-refractivity contribution in [3.8, 4) is 5.75 Å². The van der Waals surface area contributed by atoms with Crippen LogP contribution in [0.5, 0.6) is 5.75 Å². The maximum absolute atomic E-state index is 14.1. The lowest BCUT2D eigenvalue weighted by molar-refractivity contribution is -0.169. The van der Waals surface area contributed by atoms with Gasteiger partial charge in [0.2, 0.25) is 5.78 Å². The van der Waals surface area contributed by atoms with Crippen LogP contribution in [0.2, 0.25) is 0 Å². The van der Waals surface area contributed by atoms with Gasteiger partial charge in [0.1, 0.15) is 22.8 Å². The van der Waals surface area contributed by atoms with Crippen molar-refractivity contribution in [2.45, 2.75) is 68.6 Å². The number of fused-ring (bicyclic) bond motifs is 3. The predicted molar refractivity (Wildman–Crippen MR) is 136 cm³/mol. The molecule has 0 aliphatic heterocycles. The number of carbonyl (C=O) groups is 3. The Balaban J connectivity index is 1.78. The average molecular weight is 527 g/mol. The summed E-state index contributed by atoms with van der Waals surface area (Å²) in [4.78, 5) is 40.8. The fraction of sp³-hybridized carbons (Fsp3) is 0.536. The molecule has 0 saturated heterocycles. The number of primary amides is 1. The molecular weight excluding hydrogens is 492 g/mol. The molecule has 0 aromatic heterocycles. The minimum atomic E-state index is -2.91. The first-order valence-corrected chi connectivity index (χ1v) is 12.9. The molecule has 204 valence electrons. The van der Waals surface area contributed by atoms with E-state index in [2.05, 4.69) is 0 Å². The number of aliphatic hydroxyl groups excluding tert-OH is 3. The average Bonchev–Trinajstić information content (AvgIpc) is 3.28. The zero-order valence-corrected chi connectivity index (χ0v) is 21.9. The largest absolute Gasteiger partial charge is 0.508 e. The number of phenols is 1. The third-order valence-corrected chi connectivity index (χ3v) is 9.49. The normalized spacial score (nSPS) is 34.3. The standard InChI is InChI=1S/C28H34N2O8/c1-11-12-7-8-13(27(2)9-5-6-10-27)20(31)15(12)21(32)16-14(11)22(33)18-19(30(3)4)23(34)17(26(29)37)25(36)28(18,38)24(16)35/h7-8,11,14,18-19,22,31-33,36,38H,5-6,9-10H2,1-4H3,(H2,29,37)/t11-,14+,18+,19-,22-,28-/m0/s1. The molecule has 1 amide bonds. The first-order chi connectivity index (χ1) is 17.7. The number of nitrogens with two attached hydrogens (primary N) is 1. The number of hydrogen-bond donors (Lipinski definition) is 6. The molecular formula is C28H34N2O8. The van der Waals surface area contributed by atoms with Crippen LogP contribution in [0.3, 0.4) is 0 Å². The van der Waals surface area contributed by atoms with Crippen LogP contribution in [-0.4, -0.2) is 79.7 Å². The molecule has 0 unspecified atom stereocenters. The lowest BCUT2D eigenvalue weighted by Crippen LogP contribution is -2.70. The van der Waals surface area contributed by atoms with Crippen molar-refractivity contribution in [2.75, 3.05) is 14.1 Å². The highest BCUT2D eigenvalue weighted by molar-refractivity contribution is 6.24. The summed E-state index contributed by atoms with van der Waals surface area (Å²) in [5.74, 6) is -8.65. The van der Waals surface area contributed by atoms with Gasteiger partial charge in [-0.05, 0) is 43.8 Å². The summed E-state index contributed by atoms with van der Waals surface area (Å²) in [6, 6.07) is 2.23. The second kappa shape index (κ2) is 8.39. The van der Waals surface area contributed by atoms with Gasteiger partial charge in [0.05, 0.1) is 23.6 Å². The molecule has 7 N–H and O–H groups in total. The van der Waals surface area contributed by atoms with Gasteiger partial charge in [-0.15, -0.1) is 0 Å². The third-order valence-electron chi connectivity index (χ3n) is 9.49. The summed E-state index contributed by atoms with van der Waals surface area (Å²) in [6.45, 7) is 3.77. The summed E-state index contributed by atoms with van der Waals surface area (Å²) < 4.78 is 0. The van der Waals surface area contributed by atoms with Crippen molar-refractivity contribution in [2.24, 2.45) is 17.6 Å². The highest BCUT2D eigenvalue weighted by atomic mass is 16.4. The second-order valence-corrected chi connectivity index (χ2v) is 11.7. The van der Waals surface area contributed by atoms with Gasteiger partial charge in [-0.3, -0.25) is 19.3 Å². The maximum atomic E-state index is 14.1. The molecule has 0 heterocycles. The molecule has 6 atom stereocenters. The molecule has 4 aliphatic carbocycles. The van der Waals surface area contributed by atoms with Crippen LogP contribution in [0.25, 0.3) is 5.76 Å². The van der Waals surface area contributed by atoms with E-state index in [1.165, 1.54) is 19.0 Å². The molecule has 2 saturated carbocycles. The molecule has 0 spiro atoms. The van der Waals surface area contributed by atoms with E-state index in [0.717, 1.165) is 25.7 Å². The smallest absolute Gasteiger partial charge is 0.255 e. The first kappa shape index (κ1) is 26.4. The van der Waals surface area contributed by atoms with E-state index in [4.69, 9.17) is 5.73 Å². The number of aliphatic hydroxyl groups is 4. The van der Waals surface area contributed by atoms with Gasteiger partial charge in [0.25, 0.3) is 5.91 Å². The van der Waals surface area contributed by atoms with Crippen LogP contribution in [0.15, 0.2) is 29.0 Å². The van der Waals surface area contributed by atoms with Crippen LogP contribution in [0, 0.1) is 11.8 Å². The van der Waals surface area contributed by atoms with Gasteiger partial charge >= 0.3 is 0 Å². The molecule has 38 heavy (non-hydrogen) atoms. The van der Waals surface area contributed by atoms with Crippen LogP contribution in [-0.2, 0) is 19.8 Å². The Kier molecular flexibility index (Phi) is 5.83. The number of amides is 1. The van der Waals surface area contributed by atoms with Gasteiger partial charge in [0.15, 0.2) is 11.4 Å². The Morgan fingerprint density at radius 1 is 1.11 bits per heavy atom. The van der Waals surface area contributed by atoms with E-state index in [-0.39, 0.29) is 22.3 Å². The van der Waals surface area contributed by atoms with Gasteiger partial charge in [-0.25, -0.2) is 0 Å². The third kappa shape index (κ3) is 3.14. The van der Waals surface area contributed by atoms with Crippen molar-refractivity contribution in [3.05, 3.63) is 45.7 Å². The summed E-state index contributed by atoms with van der Waals surface area (Å²) in [7, 11) is 2.96. The number of Topliss-reactive ketones (excluding diaryl/α,β-unsaturated/α-hetero) is 2. The molecule has 1 aromatic rings. The molecule has 2 fully saturated rings. The van der Waals surface area contributed by atoms with Gasteiger partial charge in [0, 0.05) is 17.1 Å². The van der Waals surface area contributed by atoms with E-state index in [1.54, 1.807) is 13.0 Å². The van der Waals surface area contributed by atoms with Crippen LogP contribution in [0.1, 0.15) is 62.1 Å². The summed E-state index contributed by atoms with van der Waals surface area (Å²) >= 11 is 0. The Hall–Kier alpha value is -3.21. The van der Waals surface area contributed by atoms with Crippen molar-refractivity contribution in [1.29, 1.82) is 0 Å². The van der Waals surface area contributed by atoms with Crippen LogP contribution in [0.4, 0.5) is 0 Å². The van der Waals surface area contributed by atoms with Crippen molar-refractivity contribution in [3.63, 3.8) is 0 Å². The number of aromatic hydroxyl groups is 1. The van der Waals surface area contributed by atoms with Crippen LogP contribution < -0.4 is 5.73 Å². The molecule has 5 rings (SSSR count). The number of phenolic OH excluding ortho intramolecular Hbond substituents is 1. The molecule has 10 nitrogen and oxygen atoms in total. The van der Waals surface area contributed by atoms with E-state index < -0.39 is 70.1 Å².